The van der Waals surface area contributed by atoms with Crippen molar-refractivity contribution in [2.45, 2.75) is 6.04 Å². The van der Waals surface area contributed by atoms with Gasteiger partial charge in [0.05, 0.1) is 42.5 Å². The Morgan fingerprint density at radius 3 is 2.90 bits per heavy atom. The molecule has 0 aromatic heterocycles. The summed E-state index contributed by atoms with van der Waals surface area (Å²) in [5, 5.41) is 8.93. The van der Waals surface area contributed by atoms with Crippen molar-refractivity contribution in [2.24, 2.45) is 5.92 Å². The molecule has 0 spiro atoms. The fourth-order valence-electron chi connectivity index (χ4n) is 2.67. The zero-order chi connectivity index (χ0) is 14.3. The van der Waals surface area contributed by atoms with Crippen molar-refractivity contribution < 1.29 is 14.3 Å². The quantitative estimate of drug-likeness (QED) is 0.763. The number of urea groups is 1. The minimum atomic E-state index is -0.378. The van der Waals surface area contributed by atoms with Gasteiger partial charge in [0.15, 0.2) is 0 Å². The van der Waals surface area contributed by atoms with E-state index in [1.807, 2.05) is 6.07 Å². The number of imide groups is 1. The van der Waals surface area contributed by atoms with E-state index in [-0.39, 0.29) is 23.9 Å². The van der Waals surface area contributed by atoms with Crippen molar-refractivity contribution in [1.82, 2.24) is 4.90 Å². The molecule has 0 bridgehead atoms. The van der Waals surface area contributed by atoms with Gasteiger partial charge in [-0.05, 0) is 18.2 Å². The van der Waals surface area contributed by atoms with Crippen LogP contribution in [-0.4, -0.2) is 43.1 Å². The Balaban J connectivity index is 2.01. The van der Waals surface area contributed by atoms with Crippen molar-refractivity contribution in [3.05, 3.63) is 29.8 Å². The number of hydrogen-bond acceptors (Lipinski definition) is 4. The number of rotatable bonds is 1. The lowest BCUT2D eigenvalue weighted by Gasteiger charge is -2.38. The Morgan fingerprint density at radius 1 is 1.35 bits per heavy atom. The number of likely N-dealkylation sites (N-methyl/N-ethyl adjacent to an activating group) is 1. The van der Waals surface area contributed by atoms with Crippen LogP contribution in [0.15, 0.2) is 24.3 Å². The van der Waals surface area contributed by atoms with E-state index in [1.165, 1.54) is 4.90 Å². The normalized spacial score (nSPS) is 25.6. The fraction of sp³-hybridized carbons (Fsp3) is 0.357. The highest BCUT2D eigenvalue weighted by atomic mass is 16.5. The number of benzene rings is 1. The molecule has 2 atom stereocenters. The Bertz CT molecular complexity index is 622. The van der Waals surface area contributed by atoms with Gasteiger partial charge in [-0.1, -0.05) is 6.07 Å². The van der Waals surface area contributed by atoms with E-state index in [9.17, 15) is 9.59 Å². The van der Waals surface area contributed by atoms with Crippen LogP contribution < -0.4 is 4.90 Å². The molecule has 2 aliphatic rings. The Hall–Kier alpha value is -2.39. The molecule has 6 heteroatoms. The molecule has 2 fully saturated rings. The highest BCUT2D eigenvalue weighted by Crippen LogP contribution is 2.30. The molecule has 0 aliphatic carbocycles. The number of anilines is 1. The first-order valence-corrected chi connectivity index (χ1v) is 6.32. The summed E-state index contributed by atoms with van der Waals surface area (Å²) in [7, 11) is 1.67. The maximum absolute atomic E-state index is 12.5. The Kier molecular flexibility index (Phi) is 2.92. The summed E-state index contributed by atoms with van der Waals surface area (Å²) in [5.41, 5.74) is 0.840. The second-order valence-corrected chi connectivity index (χ2v) is 4.94. The summed E-state index contributed by atoms with van der Waals surface area (Å²) >= 11 is 0. The maximum Gasteiger partial charge on any atom is 0.331 e. The molecule has 3 rings (SSSR count). The third kappa shape index (κ3) is 1.75. The average Bonchev–Trinajstić information content (AvgIpc) is 2.95. The number of carbonyl (C=O) groups excluding carboxylic acids is 2. The minimum Gasteiger partial charge on any atom is -0.378 e. The van der Waals surface area contributed by atoms with Crippen molar-refractivity contribution in [1.29, 1.82) is 5.26 Å². The van der Waals surface area contributed by atoms with Gasteiger partial charge in [-0.3, -0.25) is 4.79 Å². The third-order valence-corrected chi connectivity index (χ3v) is 3.81. The van der Waals surface area contributed by atoms with E-state index >= 15 is 0 Å². The van der Waals surface area contributed by atoms with Crippen molar-refractivity contribution in [3.8, 4) is 6.07 Å². The van der Waals surface area contributed by atoms with Gasteiger partial charge in [-0.25, -0.2) is 9.69 Å². The summed E-state index contributed by atoms with van der Waals surface area (Å²) < 4.78 is 5.32. The third-order valence-electron chi connectivity index (χ3n) is 3.81. The van der Waals surface area contributed by atoms with E-state index in [0.29, 0.717) is 24.5 Å². The Morgan fingerprint density at radius 2 is 2.15 bits per heavy atom. The monoisotopic (exact) mass is 271 g/mol. The molecule has 20 heavy (non-hydrogen) atoms. The Labute approximate surface area is 116 Å². The molecule has 0 N–H and O–H groups in total. The first-order chi connectivity index (χ1) is 9.63. The minimum absolute atomic E-state index is 0.189. The second kappa shape index (κ2) is 4.62. The number of hydrogen-bond donors (Lipinski definition) is 0. The van der Waals surface area contributed by atoms with Gasteiger partial charge in [0.1, 0.15) is 0 Å². The van der Waals surface area contributed by atoms with Gasteiger partial charge in [0.25, 0.3) is 0 Å². The van der Waals surface area contributed by atoms with Gasteiger partial charge in [0.2, 0.25) is 5.91 Å². The van der Waals surface area contributed by atoms with Crippen LogP contribution in [0.1, 0.15) is 5.56 Å². The molecular weight excluding hydrogens is 258 g/mol. The summed E-state index contributed by atoms with van der Waals surface area (Å²) in [6, 6.07) is 7.92. The SMILES string of the molecule is CN1C(=O)N(c2cccc(C#N)c2)C(=O)C2COCC21. The van der Waals surface area contributed by atoms with Gasteiger partial charge in [-0.15, -0.1) is 0 Å². The van der Waals surface area contributed by atoms with Gasteiger partial charge in [-0.2, -0.15) is 5.26 Å². The predicted octanol–water partition coefficient (Wildman–Crippen LogP) is 0.972. The summed E-state index contributed by atoms with van der Waals surface area (Å²) in [6.07, 6.45) is 0. The highest BCUT2D eigenvalue weighted by molar-refractivity contribution is 6.17. The van der Waals surface area contributed by atoms with Crippen LogP contribution in [0.3, 0.4) is 0 Å². The molecule has 1 aromatic carbocycles. The van der Waals surface area contributed by atoms with Crippen molar-refractivity contribution >= 4 is 17.6 Å². The van der Waals surface area contributed by atoms with Crippen LogP contribution in [0, 0.1) is 17.2 Å². The number of carbonyl (C=O) groups is 2. The number of nitriles is 1. The molecule has 0 saturated carbocycles. The molecule has 102 valence electrons. The lowest BCUT2D eigenvalue weighted by molar-refractivity contribution is -0.124. The summed E-state index contributed by atoms with van der Waals surface area (Å²) in [5.74, 6) is -0.589. The topological polar surface area (TPSA) is 73.6 Å². The molecule has 2 saturated heterocycles. The van der Waals surface area contributed by atoms with Crippen molar-refractivity contribution in [2.75, 3.05) is 25.2 Å². The molecule has 2 unspecified atom stereocenters. The molecule has 6 nitrogen and oxygen atoms in total. The van der Waals surface area contributed by atoms with Gasteiger partial charge >= 0.3 is 6.03 Å². The van der Waals surface area contributed by atoms with Crippen LogP contribution in [-0.2, 0) is 9.53 Å². The van der Waals surface area contributed by atoms with Crippen LogP contribution in [0.4, 0.5) is 10.5 Å². The number of fused-ring (bicyclic) bond motifs is 1. The molecule has 2 aliphatic heterocycles. The van der Waals surface area contributed by atoms with Crippen LogP contribution in [0.2, 0.25) is 0 Å². The highest BCUT2D eigenvalue weighted by Gasteiger charge is 2.48. The van der Waals surface area contributed by atoms with E-state index in [0.717, 1.165) is 4.90 Å². The standard InChI is InChI=1S/C14H13N3O3/c1-16-12-8-20-7-11(12)13(18)17(14(16)19)10-4-2-3-9(5-10)6-15/h2-5,11-12H,7-8H2,1H3. The second-order valence-electron chi connectivity index (χ2n) is 4.94. The first kappa shape index (κ1) is 12.6. The van der Waals surface area contributed by atoms with Gasteiger partial charge < -0.3 is 9.64 Å². The maximum atomic E-state index is 12.5. The van der Waals surface area contributed by atoms with E-state index in [4.69, 9.17) is 10.00 Å². The van der Waals surface area contributed by atoms with Crippen LogP contribution in [0.5, 0.6) is 0 Å². The zero-order valence-electron chi connectivity index (χ0n) is 10.9. The number of amides is 3. The van der Waals surface area contributed by atoms with Crippen LogP contribution in [0.25, 0.3) is 0 Å². The van der Waals surface area contributed by atoms with Crippen LogP contribution >= 0.6 is 0 Å². The fourth-order valence-corrected chi connectivity index (χ4v) is 2.67. The smallest absolute Gasteiger partial charge is 0.331 e. The molecule has 0 radical (unpaired) electrons. The van der Waals surface area contributed by atoms with E-state index in [2.05, 4.69) is 0 Å². The first-order valence-electron chi connectivity index (χ1n) is 6.32. The van der Waals surface area contributed by atoms with E-state index < -0.39 is 0 Å². The zero-order valence-corrected chi connectivity index (χ0v) is 10.9. The van der Waals surface area contributed by atoms with E-state index in [1.54, 1.807) is 31.3 Å². The van der Waals surface area contributed by atoms with Gasteiger partial charge in [0, 0.05) is 7.05 Å². The molecule has 3 amide bonds. The average molecular weight is 271 g/mol. The predicted molar refractivity (Wildman–Crippen MR) is 69.9 cm³/mol. The molecule has 2 heterocycles. The lowest BCUT2D eigenvalue weighted by Crippen LogP contribution is -2.60. The largest absolute Gasteiger partial charge is 0.378 e. The molecule has 1 aromatic rings. The molecular formula is C14H13N3O3. The number of ether oxygens (including phenoxy) is 1. The van der Waals surface area contributed by atoms with Crippen molar-refractivity contribution in [3.63, 3.8) is 0 Å². The summed E-state index contributed by atoms with van der Waals surface area (Å²) in [4.78, 5) is 27.5. The number of nitrogens with zero attached hydrogens (tertiary/aromatic N) is 3. The summed E-state index contributed by atoms with van der Waals surface area (Å²) in [6.45, 7) is 0.723. The lowest BCUT2D eigenvalue weighted by atomic mass is 9.97.